The topological polar surface area (TPSA) is 108 Å². The Morgan fingerprint density at radius 2 is 1.81 bits per heavy atom. The lowest BCUT2D eigenvalue weighted by Gasteiger charge is -2.26. The molecule has 3 heterocycles. The Morgan fingerprint density at radius 3 is 2.57 bits per heavy atom. The van der Waals surface area contributed by atoms with Crippen molar-refractivity contribution in [2.75, 3.05) is 7.11 Å². The first-order valence-corrected chi connectivity index (χ1v) is 11.6. The lowest BCUT2D eigenvalue weighted by Crippen LogP contribution is -2.29. The molecule has 184 valence electrons. The Balaban J connectivity index is 1.63. The number of carbonyl (C=O) groups is 1. The highest BCUT2D eigenvalue weighted by molar-refractivity contribution is 5.94. The van der Waals surface area contributed by atoms with E-state index in [9.17, 15) is 19.5 Å². The summed E-state index contributed by atoms with van der Waals surface area (Å²) in [6.07, 6.45) is 1.20. The van der Waals surface area contributed by atoms with Gasteiger partial charge in [-0.05, 0) is 29.1 Å². The van der Waals surface area contributed by atoms with E-state index in [0.717, 1.165) is 5.39 Å². The smallest absolute Gasteiger partial charge is 0.312 e. The Bertz CT molecular complexity index is 1850. The minimum Gasteiger partial charge on any atom is -0.507 e. The van der Waals surface area contributed by atoms with Crippen molar-refractivity contribution in [3.63, 3.8) is 0 Å². The average Bonchev–Trinajstić information content (AvgIpc) is 2.90. The molecule has 37 heavy (non-hydrogen) atoms. The van der Waals surface area contributed by atoms with Crippen LogP contribution in [-0.4, -0.2) is 22.8 Å². The molecule has 6 rings (SSSR count). The second-order valence-electron chi connectivity index (χ2n) is 8.98. The van der Waals surface area contributed by atoms with E-state index in [-0.39, 0.29) is 40.0 Å². The molecule has 1 aliphatic rings. The molecule has 0 fully saturated rings. The predicted octanol–water partition coefficient (Wildman–Crippen LogP) is 4.47. The summed E-state index contributed by atoms with van der Waals surface area (Å²) in [5.74, 6) is -1.02. The number of nitrogens with zero attached hydrogens (tertiary/aromatic N) is 1. The van der Waals surface area contributed by atoms with Crippen molar-refractivity contribution in [2.45, 2.75) is 12.3 Å². The zero-order valence-corrected chi connectivity index (χ0v) is 20.0. The van der Waals surface area contributed by atoms with Crippen LogP contribution >= 0.6 is 0 Å². The van der Waals surface area contributed by atoms with Crippen molar-refractivity contribution in [3.05, 3.63) is 98.6 Å². The van der Waals surface area contributed by atoms with Gasteiger partial charge in [0.05, 0.1) is 24.6 Å². The Hall–Kier alpha value is -4.85. The van der Waals surface area contributed by atoms with Crippen LogP contribution < -0.4 is 20.5 Å². The molecule has 8 heteroatoms. The van der Waals surface area contributed by atoms with Crippen LogP contribution in [0.3, 0.4) is 0 Å². The molecule has 1 atom stereocenters. The van der Waals surface area contributed by atoms with Crippen molar-refractivity contribution in [1.82, 2.24) is 4.57 Å². The first kappa shape index (κ1) is 22.6. The lowest BCUT2D eigenvalue weighted by molar-refractivity contribution is -0.135. The van der Waals surface area contributed by atoms with E-state index in [2.05, 4.69) is 0 Å². The van der Waals surface area contributed by atoms with Gasteiger partial charge in [0.25, 0.3) is 5.56 Å². The number of hydrogen-bond donors (Lipinski definition) is 1. The number of aromatic hydroxyl groups is 1. The monoisotopic (exact) mass is 495 g/mol. The van der Waals surface area contributed by atoms with Gasteiger partial charge in [0.15, 0.2) is 0 Å². The van der Waals surface area contributed by atoms with Crippen LogP contribution in [0.25, 0.3) is 33.0 Å². The highest BCUT2D eigenvalue weighted by atomic mass is 16.5. The van der Waals surface area contributed by atoms with Crippen LogP contribution in [0.1, 0.15) is 23.5 Å². The number of esters is 1. The van der Waals surface area contributed by atoms with Crippen molar-refractivity contribution in [3.8, 4) is 28.4 Å². The Labute approximate surface area is 209 Å². The Morgan fingerprint density at radius 1 is 1.03 bits per heavy atom. The van der Waals surface area contributed by atoms with Crippen molar-refractivity contribution >= 4 is 27.8 Å². The predicted molar refractivity (Wildman–Crippen MR) is 137 cm³/mol. The molecule has 2 aromatic heterocycles. The number of carbonyl (C=O) groups excluding carboxylic acids is 1. The minimum absolute atomic E-state index is 0.0367. The number of rotatable bonds is 3. The lowest BCUT2D eigenvalue weighted by atomic mass is 9.85. The molecule has 8 nitrogen and oxygen atoms in total. The highest BCUT2D eigenvalue weighted by Crippen LogP contribution is 2.45. The Kier molecular flexibility index (Phi) is 5.12. The fourth-order valence-corrected chi connectivity index (χ4v) is 5.06. The van der Waals surface area contributed by atoms with Gasteiger partial charge in [-0.2, -0.15) is 0 Å². The fraction of sp³-hybridized carbons (Fsp3) is 0.138. The molecule has 0 amide bonds. The maximum absolute atomic E-state index is 13.5. The third-order valence-corrected chi connectivity index (χ3v) is 6.89. The summed E-state index contributed by atoms with van der Waals surface area (Å²) in [6, 6.07) is 17.3. The second-order valence-corrected chi connectivity index (χ2v) is 8.98. The van der Waals surface area contributed by atoms with Gasteiger partial charge in [-0.15, -0.1) is 0 Å². The first-order valence-electron chi connectivity index (χ1n) is 11.6. The molecule has 0 saturated heterocycles. The van der Waals surface area contributed by atoms with Crippen molar-refractivity contribution < 1.29 is 23.8 Å². The fourth-order valence-electron chi connectivity index (χ4n) is 5.06. The molecule has 0 bridgehead atoms. The number of pyridine rings is 1. The van der Waals surface area contributed by atoms with Crippen LogP contribution in [0.15, 0.2) is 80.9 Å². The van der Waals surface area contributed by atoms with E-state index < -0.39 is 17.3 Å². The molecule has 5 aromatic rings. The van der Waals surface area contributed by atoms with Crippen molar-refractivity contribution in [2.24, 2.45) is 7.05 Å². The van der Waals surface area contributed by atoms with Gasteiger partial charge in [-0.25, -0.2) is 0 Å². The SMILES string of the molecule is COc1ccc2cc(C3CC(=O)Oc4cc(O)c5c(=O)c(-c6ccccc6)coc5c43)c(=O)n(C)c2c1. The van der Waals surface area contributed by atoms with E-state index in [1.165, 1.54) is 16.9 Å². The van der Waals surface area contributed by atoms with Gasteiger partial charge in [-0.3, -0.25) is 14.4 Å². The van der Waals surface area contributed by atoms with Gasteiger partial charge >= 0.3 is 5.97 Å². The number of phenolic OH excluding ortho intramolecular Hbond substituents is 1. The molecule has 0 radical (unpaired) electrons. The van der Waals surface area contributed by atoms with E-state index in [1.807, 2.05) is 12.1 Å². The summed E-state index contributed by atoms with van der Waals surface area (Å²) < 4.78 is 18.2. The van der Waals surface area contributed by atoms with Crippen molar-refractivity contribution in [1.29, 1.82) is 0 Å². The highest BCUT2D eigenvalue weighted by Gasteiger charge is 2.35. The van der Waals surface area contributed by atoms with E-state index in [0.29, 0.717) is 28.0 Å². The average molecular weight is 495 g/mol. The number of ether oxygens (including phenoxy) is 2. The molecule has 0 aliphatic carbocycles. The number of benzene rings is 3. The van der Waals surface area contributed by atoms with E-state index >= 15 is 0 Å². The third kappa shape index (κ3) is 3.48. The molecule has 0 saturated carbocycles. The molecular formula is C29H21NO7. The van der Waals surface area contributed by atoms with Crippen LogP contribution in [0.5, 0.6) is 17.2 Å². The molecular weight excluding hydrogens is 474 g/mol. The number of aryl methyl sites for hydroxylation is 1. The quantitative estimate of drug-likeness (QED) is 0.291. The first-order chi connectivity index (χ1) is 17.9. The zero-order chi connectivity index (χ0) is 25.8. The standard InChI is InChI=1S/C29H21NO7/c1-30-21-11-17(35-2)9-8-16(21)10-19(29(30)34)18-12-24(32)37-23-13-22(31)26-27(33)20(14-36-28(26)25(18)23)15-6-4-3-5-7-15/h3-11,13-14,18,31H,12H2,1-2H3. The third-order valence-electron chi connectivity index (χ3n) is 6.89. The van der Waals surface area contributed by atoms with Gasteiger partial charge < -0.3 is 23.6 Å². The zero-order valence-electron chi connectivity index (χ0n) is 20.0. The number of hydrogen-bond acceptors (Lipinski definition) is 7. The summed E-state index contributed by atoms with van der Waals surface area (Å²) in [5.41, 5.74) is 1.64. The second kappa shape index (κ2) is 8.37. The molecule has 1 N–H and O–H groups in total. The van der Waals surface area contributed by atoms with Crippen LogP contribution in [0, 0.1) is 0 Å². The van der Waals surface area contributed by atoms with Crippen LogP contribution in [0.2, 0.25) is 0 Å². The van der Waals surface area contributed by atoms with Gasteiger partial charge in [-0.1, -0.05) is 30.3 Å². The van der Waals surface area contributed by atoms with E-state index in [4.69, 9.17) is 13.9 Å². The van der Waals surface area contributed by atoms with Gasteiger partial charge in [0, 0.05) is 36.2 Å². The maximum Gasteiger partial charge on any atom is 0.312 e. The number of aromatic nitrogens is 1. The normalized spacial score (nSPS) is 15.0. The van der Waals surface area contributed by atoms with Crippen LogP contribution in [-0.2, 0) is 11.8 Å². The maximum atomic E-state index is 13.5. The largest absolute Gasteiger partial charge is 0.507 e. The number of fused-ring (bicyclic) bond motifs is 4. The minimum atomic E-state index is -0.754. The number of phenols is 1. The van der Waals surface area contributed by atoms with E-state index in [1.54, 1.807) is 56.6 Å². The molecule has 3 aromatic carbocycles. The molecule has 1 unspecified atom stereocenters. The molecule has 0 spiro atoms. The summed E-state index contributed by atoms with van der Waals surface area (Å²) >= 11 is 0. The number of methoxy groups -OCH3 is 1. The van der Waals surface area contributed by atoms with Crippen LogP contribution in [0.4, 0.5) is 0 Å². The molecule has 1 aliphatic heterocycles. The van der Waals surface area contributed by atoms with Gasteiger partial charge in [0.2, 0.25) is 5.43 Å². The summed E-state index contributed by atoms with van der Waals surface area (Å²) in [6.45, 7) is 0. The van der Waals surface area contributed by atoms with Gasteiger partial charge in [0.1, 0.15) is 34.5 Å². The summed E-state index contributed by atoms with van der Waals surface area (Å²) in [7, 11) is 3.20. The summed E-state index contributed by atoms with van der Waals surface area (Å²) in [5, 5.41) is 11.5. The summed E-state index contributed by atoms with van der Waals surface area (Å²) in [4.78, 5) is 39.6.